The van der Waals surface area contributed by atoms with E-state index in [1.54, 1.807) is 20.1 Å². The van der Waals surface area contributed by atoms with Crippen LogP contribution in [0.2, 0.25) is 0 Å². The maximum atomic E-state index is 13.2. The average Bonchev–Trinajstić information content (AvgIpc) is 3.29. The molecule has 4 aliphatic rings. The molecule has 1 saturated heterocycles. The van der Waals surface area contributed by atoms with Crippen LogP contribution < -0.4 is 9.47 Å². The molecule has 4 atom stereocenters. The van der Waals surface area contributed by atoms with Gasteiger partial charge in [-0.25, -0.2) is 4.79 Å². The molecule has 2 aliphatic heterocycles. The smallest absolute Gasteiger partial charge is 0.340 e. The lowest BCUT2D eigenvalue weighted by molar-refractivity contribution is -0.384. The minimum absolute atomic E-state index is 0.0352. The fourth-order valence-corrected chi connectivity index (χ4v) is 7.91. The van der Waals surface area contributed by atoms with Crippen LogP contribution in [-0.4, -0.2) is 54.6 Å². The van der Waals surface area contributed by atoms with Crippen molar-refractivity contribution >= 4 is 11.7 Å². The molecule has 2 aliphatic carbocycles. The van der Waals surface area contributed by atoms with Crippen molar-refractivity contribution in [1.29, 1.82) is 0 Å². The Morgan fingerprint density at radius 2 is 2.05 bits per heavy atom. The Bertz CT molecular complexity index is 1590. The molecule has 3 aromatic rings. The molecule has 0 radical (unpaired) electrons. The van der Waals surface area contributed by atoms with Gasteiger partial charge in [0.15, 0.2) is 17.6 Å². The highest BCUT2D eigenvalue weighted by atomic mass is 16.6. The zero-order valence-electron chi connectivity index (χ0n) is 22.3. The van der Waals surface area contributed by atoms with Crippen LogP contribution in [-0.2, 0) is 23.0 Å². The van der Waals surface area contributed by atoms with E-state index in [2.05, 4.69) is 18.0 Å². The summed E-state index contributed by atoms with van der Waals surface area (Å²) in [6.45, 7) is 2.74. The summed E-state index contributed by atoms with van der Waals surface area (Å²) in [5.41, 5.74) is 6.08. The number of nitro benzene ring substituents is 1. The van der Waals surface area contributed by atoms with Gasteiger partial charge < -0.3 is 19.1 Å². The molecule has 200 valence electrons. The highest BCUT2D eigenvalue weighted by molar-refractivity contribution is 6.00. The molecule has 9 nitrogen and oxygen atoms in total. The number of rotatable bonds is 4. The quantitative estimate of drug-likeness (QED) is 0.276. The summed E-state index contributed by atoms with van der Waals surface area (Å²) in [6, 6.07) is 10.9. The summed E-state index contributed by atoms with van der Waals surface area (Å²) in [6.07, 6.45) is 2.15. The van der Waals surface area contributed by atoms with E-state index in [0.29, 0.717) is 28.8 Å². The number of carbonyl (C=O) groups excluding carboxylic acids is 1. The van der Waals surface area contributed by atoms with Gasteiger partial charge in [0.2, 0.25) is 0 Å². The maximum absolute atomic E-state index is 13.2. The highest BCUT2D eigenvalue weighted by Gasteiger charge is 2.65. The summed E-state index contributed by atoms with van der Waals surface area (Å²) in [4.78, 5) is 31.9. The molecule has 0 N–H and O–H groups in total. The van der Waals surface area contributed by atoms with Crippen LogP contribution in [0, 0.1) is 23.0 Å². The third-order valence-corrected chi connectivity index (χ3v) is 9.51. The fraction of sp³-hybridized carbons (Fsp3) is 0.400. The molecule has 3 heterocycles. The molecular weight excluding hydrogens is 498 g/mol. The Hall–Kier alpha value is -3.98. The van der Waals surface area contributed by atoms with E-state index in [1.165, 1.54) is 30.4 Å². The van der Waals surface area contributed by atoms with Crippen molar-refractivity contribution in [2.45, 2.75) is 43.7 Å². The third-order valence-electron chi connectivity index (χ3n) is 9.51. The molecule has 0 amide bonds. The van der Waals surface area contributed by atoms with Crippen LogP contribution in [0.15, 0.2) is 36.4 Å². The lowest BCUT2D eigenvalue weighted by Gasteiger charge is -2.57. The Morgan fingerprint density at radius 1 is 1.23 bits per heavy atom. The van der Waals surface area contributed by atoms with Gasteiger partial charge in [0.05, 0.1) is 36.1 Å². The first-order chi connectivity index (χ1) is 18.8. The van der Waals surface area contributed by atoms with Crippen molar-refractivity contribution in [3.8, 4) is 22.6 Å². The van der Waals surface area contributed by atoms with Crippen LogP contribution in [0.3, 0.4) is 0 Å². The van der Waals surface area contributed by atoms with E-state index >= 15 is 0 Å². The number of esters is 1. The van der Waals surface area contributed by atoms with Crippen molar-refractivity contribution in [2.75, 3.05) is 27.8 Å². The molecule has 0 saturated carbocycles. The Morgan fingerprint density at radius 3 is 2.79 bits per heavy atom. The van der Waals surface area contributed by atoms with Gasteiger partial charge in [0.25, 0.3) is 5.69 Å². The van der Waals surface area contributed by atoms with Gasteiger partial charge in [-0.3, -0.25) is 15.1 Å². The molecule has 1 aromatic heterocycles. The lowest BCUT2D eigenvalue weighted by atomic mass is 9.51. The summed E-state index contributed by atoms with van der Waals surface area (Å²) < 4.78 is 17.8. The van der Waals surface area contributed by atoms with Gasteiger partial charge in [-0.1, -0.05) is 18.2 Å². The number of methoxy groups -OCH3 is 2. The fourth-order valence-electron chi connectivity index (χ4n) is 7.91. The number of non-ortho nitro benzene ring substituents is 1. The highest BCUT2D eigenvalue weighted by Crippen LogP contribution is 2.67. The summed E-state index contributed by atoms with van der Waals surface area (Å²) >= 11 is 0. The van der Waals surface area contributed by atoms with Gasteiger partial charge >= 0.3 is 5.97 Å². The van der Waals surface area contributed by atoms with Crippen LogP contribution in [0.25, 0.3) is 11.1 Å². The van der Waals surface area contributed by atoms with E-state index in [9.17, 15) is 14.9 Å². The molecule has 2 aromatic carbocycles. The predicted molar refractivity (Wildman–Crippen MR) is 142 cm³/mol. The second kappa shape index (κ2) is 8.26. The lowest BCUT2D eigenvalue weighted by Crippen LogP contribution is -2.62. The SMILES string of the molecule is COC(=O)c1c(C)nc2c(c1-c1cccc([N+](=O)[O-])c1)CC1C3Cc4ccc(OC)c5c4C1(CCN3C)C2O5. The maximum Gasteiger partial charge on any atom is 0.340 e. The minimum Gasteiger partial charge on any atom is -0.493 e. The predicted octanol–water partition coefficient (Wildman–Crippen LogP) is 4.56. The normalized spacial score (nSPS) is 25.8. The molecule has 2 bridgehead atoms. The minimum atomic E-state index is -0.509. The van der Waals surface area contributed by atoms with Crippen LogP contribution in [0.4, 0.5) is 5.69 Å². The van der Waals surface area contributed by atoms with E-state index in [0.717, 1.165) is 42.1 Å². The number of piperidine rings is 1. The van der Waals surface area contributed by atoms with Crippen molar-refractivity contribution in [3.05, 3.63) is 80.2 Å². The van der Waals surface area contributed by atoms with Crippen LogP contribution in [0.5, 0.6) is 11.5 Å². The van der Waals surface area contributed by atoms with Gasteiger partial charge in [-0.2, -0.15) is 0 Å². The number of aromatic nitrogens is 1. The van der Waals surface area contributed by atoms with Gasteiger partial charge in [-0.15, -0.1) is 0 Å². The zero-order valence-corrected chi connectivity index (χ0v) is 22.3. The van der Waals surface area contributed by atoms with E-state index in [1.807, 2.05) is 12.1 Å². The van der Waals surface area contributed by atoms with Gasteiger partial charge in [0.1, 0.15) is 0 Å². The zero-order chi connectivity index (χ0) is 27.2. The number of likely N-dealkylation sites (tertiary alicyclic amines) is 1. The second-order valence-electron chi connectivity index (χ2n) is 11.1. The third kappa shape index (κ3) is 3.05. The molecule has 4 unspecified atom stereocenters. The summed E-state index contributed by atoms with van der Waals surface area (Å²) in [5.74, 6) is 1.22. The van der Waals surface area contributed by atoms with Crippen LogP contribution >= 0.6 is 0 Å². The number of pyridine rings is 1. The van der Waals surface area contributed by atoms with E-state index in [-0.39, 0.29) is 29.2 Å². The first-order valence-electron chi connectivity index (χ1n) is 13.2. The van der Waals surface area contributed by atoms with E-state index < -0.39 is 10.9 Å². The Labute approximate surface area is 225 Å². The number of aryl methyl sites for hydroxylation is 1. The largest absolute Gasteiger partial charge is 0.493 e. The second-order valence-corrected chi connectivity index (χ2v) is 11.1. The summed E-state index contributed by atoms with van der Waals surface area (Å²) in [7, 11) is 5.19. The topological polar surface area (TPSA) is 104 Å². The first-order valence-corrected chi connectivity index (χ1v) is 13.2. The number of ether oxygens (including phenoxy) is 3. The van der Waals surface area contributed by atoms with Crippen molar-refractivity contribution < 1.29 is 23.9 Å². The molecule has 39 heavy (non-hydrogen) atoms. The number of nitro groups is 1. The number of benzene rings is 2. The molecule has 7 rings (SSSR count). The van der Waals surface area contributed by atoms with Crippen molar-refractivity contribution in [1.82, 2.24) is 9.88 Å². The number of nitrogens with zero attached hydrogens (tertiary/aromatic N) is 3. The van der Waals surface area contributed by atoms with E-state index in [4.69, 9.17) is 19.2 Å². The van der Waals surface area contributed by atoms with Gasteiger partial charge in [-0.05, 0) is 68.5 Å². The summed E-state index contributed by atoms with van der Waals surface area (Å²) in [5, 5.41) is 11.7. The number of hydrogen-bond donors (Lipinski definition) is 0. The first kappa shape index (κ1) is 24.1. The number of hydrogen-bond acceptors (Lipinski definition) is 8. The van der Waals surface area contributed by atoms with Crippen LogP contribution in [0.1, 0.15) is 51.0 Å². The van der Waals surface area contributed by atoms with Crippen molar-refractivity contribution in [3.63, 3.8) is 0 Å². The molecule has 1 spiro atoms. The molecule has 9 heteroatoms. The number of carbonyl (C=O) groups is 1. The van der Waals surface area contributed by atoms with Gasteiger partial charge in [0, 0.05) is 34.7 Å². The Balaban J connectivity index is 1.54. The molecule has 1 fully saturated rings. The number of likely N-dealkylation sites (N-methyl/N-ethyl adjacent to an activating group) is 1. The monoisotopic (exact) mass is 527 g/mol. The standard InChI is InChI=1S/C30H29N3O6/c1-15-23(29(34)38-4)24(16-6-5-7-18(12-16)33(35)36)19-14-20-21-13-17-8-9-22(37-3)27-25(17)30(20,10-11-32(21)2)28(39-27)26(19)31-15/h5-9,12,20-21,28H,10-11,13-14H2,1-4H3. The number of fused-ring (bicyclic) bond motifs is 2. The van der Waals surface area contributed by atoms with Crippen molar-refractivity contribution in [2.24, 2.45) is 5.92 Å². The average molecular weight is 528 g/mol. The molecular formula is C30H29N3O6. The Kier molecular flexibility index (Phi) is 5.10.